The molecule has 110 valence electrons. The molecule has 0 saturated carbocycles. The molecule has 2 heterocycles. The fourth-order valence-corrected chi connectivity index (χ4v) is 2.82. The number of nitrogens with one attached hydrogen (secondary N) is 1. The van der Waals surface area contributed by atoms with Crippen molar-refractivity contribution >= 4 is 29.3 Å². The number of thioether (sulfide) groups is 1. The van der Waals surface area contributed by atoms with Crippen molar-refractivity contribution in [3.05, 3.63) is 6.07 Å². The second kappa shape index (κ2) is 6.78. The van der Waals surface area contributed by atoms with Crippen molar-refractivity contribution in [3.8, 4) is 0 Å². The minimum atomic E-state index is -0.201. The molecule has 6 nitrogen and oxygen atoms in total. The number of primary amides is 1. The van der Waals surface area contributed by atoms with E-state index in [1.165, 1.54) is 11.8 Å². The Bertz CT molecular complexity index is 452. The molecular weight excluding hydrogens is 274 g/mol. The molecule has 0 aromatic carbocycles. The molecule has 0 spiro atoms. The van der Waals surface area contributed by atoms with Gasteiger partial charge in [0.25, 0.3) is 0 Å². The van der Waals surface area contributed by atoms with Crippen LogP contribution in [0.3, 0.4) is 0 Å². The topological polar surface area (TPSA) is 84.1 Å². The van der Waals surface area contributed by atoms with Gasteiger partial charge in [-0.15, -0.1) is 0 Å². The smallest absolute Gasteiger partial charge is 0.217 e. The van der Waals surface area contributed by atoms with E-state index in [1.807, 2.05) is 19.4 Å². The highest BCUT2D eigenvalue weighted by molar-refractivity contribution is 7.98. The molecule has 1 saturated heterocycles. The van der Waals surface area contributed by atoms with Gasteiger partial charge in [0, 0.05) is 32.6 Å². The van der Waals surface area contributed by atoms with Crippen LogP contribution in [-0.2, 0) is 4.79 Å². The first-order valence-corrected chi connectivity index (χ1v) is 7.99. The lowest BCUT2D eigenvalue weighted by Gasteiger charge is -2.32. The summed E-state index contributed by atoms with van der Waals surface area (Å²) in [5, 5.41) is 3.83. The summed E-state index contributed by atoms with van der Waals surface area (Å²) >= 11 is 1.54. The first-order valence-electron chi connectivity index (χ1n) is 6.76. The largest absolute Gasteiger partial charge is 0.373 e. The Balaban J connectivity index is 2.04. The molecule has 2 rings (SSSR count). The van der Waals surface area contributed by atoms with Gasteiger partial charge in [-0.1, -0.05) is 11.8 Å². The van der Waals surface area contributed by atoms with Crippen LogP contribution in [0.15, 0.2) is 11.2 Å². The van der Waals surface area contributed by atoms with Gasteiger partial charge in [0.1, 0.15) is 11.6 Å². The lowest BCUT2D eigenvalue weighted by molar-refractivity contribution is -0.119. The molecule has 1 aliphatic rings. The Morgan fingerprint density at radius 2 is 2.20 bits per heavy atom. The third kappa shape index (κ3) is 3.75. The van der Waals surface area contributed by atoms with Crippen LogP contribution in [0.4, 0.5) is 11.6 Å². The lowest BCUT2D eigenvalue weighted by Crippen LogP contribution is -2.35. The van der Waals surface area contributed by atoms with Gasteiger partial charge in [0.2, 0.25) is 5.91 Å². The molecule has 0 bridgehead atoms. The van der Waals surface area contributed by atoms with E-state index in [0.29, 0.717) is 12.3 Å². The van der Waals surface area contributed by atoms with Crippen molar-refractivity contribution in [3.63, 3.8) is 0 Å². The van der Waals surface area contributed by atoms with Crippen molar-refractivity contribution in [1.29, 1.82) is 0 Å². The van der Waals surface area contributed by atoms with Crippen molar-refractivity contribution in [2.45, 2.75) is 24.4 Å². The summed E-state index contributed by atoms with van der Waals surface area (Å²) in [5.74, 6) is 1.99. The predicted octanol–water partition coefficient (Wildman–Crippen LogP) is 1.33. The molecule has 1 aromatic rings. The Kier molecular flexibility index (Phi) is 5.05. The van der Waals surface area contributed by atoms with E-state index in [9.17, 15) is 4.79 Å². The Morgan fingerprint density at radius 1 is 1.50 bits per heavy atom. The number of nitrogens with two attached hydrogens (primary N) is 1. The second-order valence-corrected chi connectivity index (χ2v) is 5.72. The van der Waals surface area contributed by atoms with Crippen LogP contribution in [0.5, 0.6) is 0 Å². The van der Waals surface area contributed by atoms with Gasteiger partial charge in [0.15, 0.2) is 5.16 Å². The van der Waals surface area contributed by atoms with Crippen LogP contribution >= 0.6 is 11.8 Å². The SMILES string of the molecule is CNc1cc(N2CCC(CC(N)=O)CC2)nc(SC)n1. The highest BCUT2D eigenvalue weighted by atomic mass is 32.2. The standard InChI is InChI=1S/C13H21N5OS/c1-15-11-8-12(17-13(16-11)20-2)18-5-3-9(4-6-18)7-10(14)19/h8-9H,3-7H2,1-2H3,(H2,14,19)(H,15,16,17). The maximum absolute atomic E-state index is 11.0. The average molecular weight is 295 g/mol. The first-order chi connectivity index (χ1) is 9.62. The van der Waals surface area contributed by atoms with Gasteiger partial charge in [-0.05, 0) is 25.0 Å². The van der Waals surface area contributed by atoms with E-state index < -0.39 is 0 Å². The van der Waals surface area contributed by atoms with Gasteiger partial charge >= 0.3 is 0 Å². The summed E-state index contributed by atoms with van der Waals surface area (Å²) in [6, 6.07) is 1.97. The van der Waals surface area contributed by atoms with E-state index in [0.717, 1.165) is 42.7 Å². The zero-order valence-corrected chi connectivity index (χ0v) is 12.7. The average Bonchev–Trinajstić information content (AvgIpc) is 2.46. The molecule has 0 aliphatic carbocycles. The third-order valence-corrected chi connectivity index (χ3v) is 4.11. The number of piperidine rings is 1. The molecule has 0 unspecified atom stereocenters. The molecule has 0 radical (unpaired) electrons. The van der Waals surface area contributed by atoms with Crippen molar-refractivity contribution in [2.75, 3.05) is 36.6 Å². The van der Waals surface area contributed by atoms with Crippen LogP contribution in [-0.4, -0.2) is 42.3 Å². The van der Waals surface area contributed by atoms with Crippen LogP contribution in [0.2, 0.25) is 0 Å². The van der Waals surface area contributed by atoms with Gasteiger partial charge < -0.3 is 16.0 Å². The quantitative estimate of drug-likeness (QED) is 0.630. The number of nitrogens with zero attached hydrogens (tertiary/aromatic N) is 3. The number of carbonyl (C=O) groups is 1. The van der Waals surface area contributed by atoms with Crippen LogP contribution < -0.4 is 16.0 Å². The minimum absolute atomic E-state index is 0.201. The highest BCUT2D eigenvalue weighted by Crippen LogP contribution is 2.26. The summed E-state index contributed by atoms with van der Waals surface area (Å²) in [4.78, 5) is 22.1. The number of hydrogen-bond donors (Lipinski definition) is 2. The van der Waals surface area contributed by atoms with Gasteiger partial charge in [-0.3, -0.25) is 4.79 Å². The van der Waals surface area contributed by atoms with E-state index in [1.54, 1.807) is 0 Å². The van der Waals surface area contributed by atoms with Gasteiger partial charge in [0.05, 0.1) is 0 Å². The number of amides is 1. The van der Waals surface area contributed by atoms with Crippen molar-refractivity contribution in [2.24, 2.45) is 11.7 Å². The molecule has 1 aromatic heterocycles. The molecule has 7 heteroatoms. The van der Waals surface area contributed by atoms with Crippen LogP contribution in [0, 0.1) is 5.92 Å². The molecule has 1 aliphatic heterocycles. The number of anilines is 2. The highest BCUT2D eigenvalue weighted by Gasteiger charge is 2.22. The Hall–Kier alpha value is -1.50. The number of aromatic nitrogens is 2. The molecular formula is C13H21N5OS. The molecule has 20 heavy (non-hydrogen) atoms. The van der Waals surface area contributed by atoms with Gasteiger partial charge in [-0.2, -0.15) is 0 Å². The molecule has 1 fully saturated rings. The summed E-state index contributed by atoms with van der Waals surface area (Å²) in [6.45, 7) is 1.82. The van der Waals surface area contributed by atoms with Gasteiger partial charge in [-0.25, -0.2) is 9.97 Å². The first kappa shape index (κ1) is 14.9. The summed E-state index contributed by atoms with van der Waals surface area (Å²) in [7, 11) is 1.86. The fourth-order valence-electron chi connectivity index (χ4n) is 2.44. The van der Waals surface area contributed by atoms with E-state index in [2.05, 4.69) is 20.2 Å². The van der Waals surface area contributed by atoms with E-state index in [4.69, 9.17) is 5.73 Å². The molecule has 1 amide bonds. The second-order valence-electron chi connectivity index (χ2n) is 4.95. The Labute approximate surface area is 123 Å². The summed E-state index contributed by atoms with van der Waals surface area (Å²) < 4.78 is 0. The number of hydrogen-bond acceptors (Lipinski definition) is 6. The third-order valence-electron chi connectivity index (χ3n) is 3.56. The number of rotatable bonds is 5. The van der Waals surface area contributed by atoms with E-state index in [-0.39, 0.29) is 5.91 Å². The van der Waals surface area contributed by atoms with Crippen LogP contribution in [0.1, 0.15) is 19.3 Å². The Morgan fingerprint density at radius 3 is 2.75 bits per heavy atom. The van der Waals surface area contributed by atoms with Crippen molar-refractivity contribution < 1.29 is 4.79 Å². The van der Waals surface area contributed by atoms with Crippen molar-refractivity contribution in [1.82, 2.24) is 9.97 Å². The predicted molar refractivity (Wildman–Crippen MR) is 82.1 cm³/mol. The maximum Gasteiger partial charge on any atom is 0.217 e. The minimum Gasteiger partial charge on any atom is -0.373 e. The monoisotopic (exact) mass is 295 g/mol. The number of carbonyl (C=O) groups excluding carboxylic acids is 1. The fraction of sp³-hybridized carbons (Fsp3) is 0.615. The zero-order chi connectivity index (χ0) is 14.5. The summed E-state index contributed by atoms with van der Waals surface area (Å²) in [5.41, 5.74) is 5.26. The lowest BCUT2D eigenvalue weighted by atomic mass is 9.93. The molecule has 0 atom stereocenters. The molecule has 3 N–H and O–H groups in total. The normalized spacial score (nSPS) is 16.2. The van der Waals surface area contributed by atoms with Crippen LogP contribution in [0.25, 0.3) is 0 Å². The maximum atomic E-state index is 11.0. The van der Waals surface area contributed by atoms with E-state index >= 15 is 0 Å². The zero-order valence-electron chi connectivity index (χ0n) is 11.9. The summed E-state index contributed by atoms with van der Waals surface area (Å²) in [6.07, 6.45) is 4.43.